The number of nitrogens with one attached hydrogen (secondary N) is 2. The Balaban J connectivity index is 1.78. The molecule has 0 spiro atoms. The van der Waals surface area contributed by atoms with Crippen LogP contribution in [0.1, 0.15) is 17.3 Å². The first-order chi connectivity index (χ1) is 10.3. The number of benzene rings is 1. The van der Waals surface area contributed by atoms with E-state index in [4.69, 9.17) is 9.47 Å². The van der Waals surface area contributed by atoms with E-state index in [9.17, 15) is 4.79 Å². The zero-order chi connectivity index (χ0) is 14.7. The summed E-state index contributed by atoms with van der Waals surface area (Å²) in [6.07, 6.45) is 1.60. The Morgan fingerprint density at radius 2 is 2.10 bits per heavy atom. The van der Waals surface area contributed by atoms with Gasteiger partial charge < -0.3 is 20.1 Å². The van der Waals surface area contributed by atoms with Crippen LogP contribution in [-0.4, -0.2) is 24.2 Å². The molecule has 108 valence electrons. The van der Waals surface area contributed by atoms with E-state index in [1.807, 2.05) is 25.1 Å². The molecule has 0 saturated heterocycles. The van der Waals surface area contributed by atoms with Crippen molar-refractivity contribution in [2.45, 2.75) is 6.92 Å². The number of anilines is 2. The van der Waals surface area contributed by atoms with E-state index in [0.717, 1.165) is 11.4 Å². The molecule has 21 heavy (non-hydrogen) atoms. The lowest BCUT2D eigenvalue weighted by molar-refractivity contribution is 0.0955. The summed E-state index contributed by atoms with van der Waals surface area (Å²) in [6, 6.07) is 8.92. The second kappa shape index (κ2) is 5.70. The van der Waals surface area contributed by atoms with Crippen LogP contribution in [0.15, 0.2) is 36.5 Å². The SMILES string of the molecule is CCNC(=O)c1ccnc(Nc2ccc3c(c2)OCO3)c1. The molecule has 0 atom stereocenters. The number of aromatic nitrogens is 1. The number of ether oxygens (including phenoxy) is 2. The standard InChI is InChI=1S/C15H15N3O3/c1-2-16-15(19)10-5-6-17-14(7-10)18-11-3-4-12-13(8-11)21-9-20-12/h3-8H,2,9H2,1H3,(H,16,19)(H,17,18). The minimum Gasteiger partial charge on any atom is -0.454 e. The third-order valence-electron chi connectivity index (χ3n) is 3.00. The lowest BCUT2D eigenvalue weighted by atomic mass is 10.2. The van der Waals surface area contributed by atoms with Crippen LogP contribution in [0.5, 0.6) is 11.5 Å². The maximum atomic E-state index is 11.8. The van der Waals surface area contributed by atoms with Crippen LogP contribution in [-0.2, 0) is 0 Å². The fourth-order valence-electron chi connectivity index (χ4n) is 2.02. The van der Waals surface area contributed by atoms with Gasteiger partial charge in [-0.15, -0.1) is 0 Å². The molecular formula is C15H15N3O3. The number of hydrogen-bond donors (Lipinski definition) is 2. The second-order valence-corrected chi connectivity index (χ2v) is 4.48. The highest BCUT2D eigenvalue weighted by atomic mass is 16.7. The minimum atomic E-state index is -0.117. The molecule has 0 radical (unpaired) electrons. The van der Waals surface area contributed by atoms with Crippen molar-refractivity contribution < 1.29 is 14.3 Å². The van der Waals surface area contributed by atoms with Gasteiger partial charge in [-0.3, -0.25) is 4.79 Å². The number of nitrogens with zero attached hydrogens (tertiary/aromatic N) is 1. The first-order valence-corrected chi connectivity index (χ1v) is 6.67. The number of pyridine rings is 1. The summed E-state index contributed by atoms with van der Waals surface area (Å²) < 4.78 is 10.6. The van der Waals surface area contributed by atoms with Crippen LogP contribution in [0.4, 0.5) is 11.5 Å². The van der Waals surface area contributed by atoms with Crippen LogP contribution in [0.3, 0.4) is 0 Å². The summed E-state index contributed by atoms with van der Waals surface area (Å²) in [5, 5.41) is 5.90. The molecule has 1 aromatic heterocycles. The van der Waals surface area contributed by atoms with Gasteiger partial charge in [0.1, 0.15) is 5.82 Å². The highest BCUT2D eigenvalue weighted by molar-refractivity contribution is 5.94. The Kier molecular flexibility index (Phi) is 3.59. The molecule has 0 fully saturated rings. The normalized spacial score (nSPS) is 12.0. The Labute approximate surface area is 122 Å². The topological polar surface area (TPSA) is 72.5 Å². The summed E-state index contributed by atoms with van der Waals surface area (Å²) in [6.45, 7) is 2.71. The van der Waals surface area contributed by atoms with Gasteiger partial charge in [-0.1, -0.05) is 0 Å². The number of fused-ring (bicyclic) bond motifs is 1. The highest BCUT2D eigenvalue weighted by Crippen LogP contribution is 2.34. The van der Waals surface area contributed by atoms with Gasteiger partial charge in [0, 0.05) is 30.1 Å². The molecular weight excluding hydrogens is 270 g/mol. The summed E-state index contributed by atoms with van der Waals surface area (Å²) in [7, 11) is 0. The number of carbonyl (C=O) groups excluding carboxylic acids is 1. The lowest BCUT2D eigenvalue weighted by Crippen LogP contribution is -2.22. The molecule has 1 aliphatic heterocycles. The predicted octanol–water partition coefficient (Wildman–Crippen LogP) is 2.30. The highest BCUT2D eigenvalue weighted by Gasteiger charge is 2.13. The van der Waals surface area contributed by atoms with Gasteiger partial charge in [0.15, 0.2) is 11.5 Å². The van der Waals surface area contributed by atoms with Gasteiger partial charge in [0.05, 0.1) is 0 Å². The summed E-state index contributed by atoms with van der Waals surface area (Å²) >= 11 is 0. The maximum absolute atomic E-state index is 11.8. The van der Waals surface area contributed by atoms with Gasteiger partial charge in [-0.05, 0) is 31.2 Å². The number of amides is 1. The van der Waals surface area contributed by atoms with Gasteiger partial charge in [-0.2, -0.15) is 0 Å². The summed E-state index contributed by atoms with van der Waals surface area (Å²) in [5.74, 6) is 1.90. The van der Waals surface area contributed by atoms with Crippen LogP contribution < -0.4 is 20.1 Å². The van der Waals surface area contributed by atoms with Crippen molar-refractivity contribution >= 4 is 17.4 Å². The molecule has 3 rings (SSSR count). The van der Waals surface area contributed by atoms with Gasteiger partial charge in [0.2, 0.25) is 6.79 Å². The molecule has 1 aromatic carbocycles. The van der Waals surface area contributed by atoms with Crippen molar-refractivity contribution in [1.82, 2.24) is 10.3 Å². The van der Waals surface area contributed by atoms with Crippen molar-refractivity contribution in [3.63, 3.8) is 0 Å². The molecule has 1 aliphatic rings. The Morgan fingerprint density at radius 1 is 1.24 bits per heavy atom. The molecule has 6 heteroatoms. The first kappa shape index (κ1) is 13.2. The molecule has 2 N–H and O–H groups in total. The predicted molar refractivity (Wildman–Crippen MR) is 78.1 cm³/mol. The van der Waals surface area contributed by atoms with Crippen LogP contribution >= 0.6 is 0 Å². The molecule has 2 heterocycles. The van der Waals surface area contributed by atoms with E-state index >= 15 is 0 Å². The molecule has 0 bridgehead atoms. The van der Waals surface area contributed by atoms with E-state index in [1.165, 1.54) is 0 Å². The van der Waals surface area contributed by atoms with Crippen LogP contribution in [0.2, 0.25) is 0 Å². The molecule has 0 saturated carbocycles. The Morgan fingerprint density at radius 3 is 2.95 bits per heavy atom. The van der Waals surface area contributed by atoms with Gasteiger partial charge in [0.25, 0.3) is 5.91 Å². The average Bonchev–Trinajstić information content (AvgIpc) is 2.95. The van der Waals surface area contributed by atoms with Crippen LogP contribution in [0.25, 0.3) is 0 Å². The monoisotopic (exact) mass is 285 g/mol. The van der Waals surface area contributed by atoms with E-state index in [1.54, 1.807) is 18.3 Å². The largest absolute Gasteiger partial charge is 0.454 e. The molecule has 0 aliphatic carbocycles. The fraction of sp³-hybridized carbons (Fsp3) is 0.200. The summed E-state index contributed by atoms with van der Waals surface area (Å²) in [4.78, 5) is 16.0. The zero-order valence-corrected chi connectivity index (χ0v) is 11.6. The van der Waals surface area contributed by atoms with Crippen molar-refractivity contribution in [1.29, 1.82) is 0 Å². The van der Waals surface area contributed by atoms with Gasteiger partial charge >= 0.3 is 0 Å². The Hall–Kier alpha value is -2.76. The molecule has 1 amide bonds. The third-order valence-corrected chi connectivity index (χ3v) is 3.00. The fourth-order valence-corrected chi connectivity index (χ4v) is 2.02. The third kappa shape index (κ3) is 2.89. The molecule has 6 nitrogen and oxygen atoms in total. The van der Waals surface area contributed by atoms with E-state index in [0.29, 0.717) is 23.7 Å². The number of rotatable bonds is 4. The van der Waals surface area contributed by atoms with E-state index in [2.05, 4.69) is 15.6 Å². The van der Waals surface area contributed by atoms with Crippen molar-refractivity contribution in [3.8, 4) is 11.5 Å². The lowest BCUT2D eigenvalue weighted by Gasteiger charge is -2.08. The number of hydrogen-bond acceptors (Lipinski definition) is 5. The minimum absolute atomic E-state index is 0.117. The van der Waals surface area contributed by atoms with Crippen molar-refractivity contribution in [2.75, 3.05) is 18.7 Å². The number of carbonyl (C=O) groups is 1. The van der Waals surface area contributed by atoms with Crippen molar-refractivity contribution in [2.24, 2.45) is 0 Å². The molecule has 0 unspecified atom stereocenters. The first-order valence-electron chi connectivity index (χ1n) is 6.67. The quantitative estimate of drug-likeness (QED) is 0.902. The zero-order valence-electron chi connectivity index (χ0n) is 11.6. The summed E-state index contributed by atoms with van der Waals surface area (Å²) in [5.41, 5.74) is 1.38. The van der Waals surface area contributed by atoms with E-state index < -0.39 is 0 Å². The average molecular weight is 285 g/mol. The second-order valence-electron chi connectivity index (χ2n) is 4.48. The maximum Gasteiger partial charge on any atom is 0.251 e. The van der Waals surface area contributed by atoms with E-state index in [-0.39, 0.29) is 12.7 Å². The smallest absolute Gasteiger partial charge is 0.251 e. The van der Waals surface area contributed by atoms with Crippen LogP contribution in [0, 0.1) is 0 Å². The molecule has 2 aromatic rings. The van der Waals surface area contributed by atoms with Gasteiger partial charge in [-0.25, -0.2) is 4.98 Å². The van der Waals surface area contributed by atoms with Crippen molar-refractivity contribution in [3.05, 3.63) is 42.1 Å². The Bertz CT molecular complexity index is 673.